The summed E-state index contributed by atoms with van der Waals surface area (Å²) in [6.07, 6.45) is 4.12. The van der Waals surface area contributed by atoms with Gasteiger partial charge in [0.2, 0.25) is 0 Å². The molecule has 2 unspecified atom stereocenters. The number of hydrazine groups is 1. The number of nitrogens with one attached hydrogen (secondary N) is 1. The molecule has 1 aliphatic heterocycles. The topological polar surface area (TPSA) is 86.2 Å². The molecule has 1 aromatic heterocycles. The van der Waals surface area contributed by atoms with Crippen molar-refractivity contribution >= 4 is 5.69 Å². The number of nitrogens with two attached hydrogens (primary N) is 2. The van der Waals surface area contributed by atoms with Crippen LogP contribution in [-0.4, -0.2) is 11.1 Å². The zero-order chi connectivity index (χ0) is 13.2. The second-order valence-electron chi connectivity index (χ2n) is 4.62. The lowest BCUT2D eigenvalue weighted by Crippen LogP contribution is -2.39. The first-order valence-corrected chi connectivity index (χ1v) is 6.19. The average Bonchev–Trinajstić information content (AvgIpc) is 2.85. The summed E-state index contributed by atoms with van der Waals surface area (Å²) in [4.78, 5) is 4.10. The van der Waals surface area contributed by atoms with Crippen LogP contribution in [0.15, 0.2) is 42.7 Å². The maximum absolute atomic E-state index is 5.98. The molecule has 0 spiro atoms. The van der Waals surface area contributed by atoms with Crippen LogP contribution >= 0.6 is 0 Å². The molecule has 1 aliphatic rings. The van der Waals surface area contributed by atoms with Crippen LogP contribution in [0.4, 0.5) is 5.69 Å². The first kappa shape index (κ1) is 12.0. The number of fused-ring (bicyclic) bond motifs is 1. The molecule has 0 radical (unpaired) electrons. The molecule has 98 valence electrons. The Hall–Kier alpha value is -2.11. The van der Waals surface area contributed by atoms with Gasteiger partial charge in [-0.1, -0.05) is 18.2 Å². The molecule has 5 nitrogen and oxygen atoms in total. The van der Waals surface area contributed by atoms with Crippen molar-refractivity contribution in [2.75, 3.05) is 5.73 Å². The van der Waals surface area contributed by atoms with Gasteiger partial charge in [0.05, 0.1) is 6.04 Å². The molecule has 19 heavy (non-hydrogen) atoms. The molecule has 3 rings (SSSR count). The summed E-state index contributed by atoms with van der Waals surface area (Å²) in [6.45, 7) is 0. The SMILES string of the molecule is NNC(c1cnccc1N)C1Cc2ccccc2O1. The number of nitrogen functional groups attached to an aromatic ring is 1. The molecule has 2 aromatic rings. The Morgan fingerprint density at radius 1 is 1.32 bits per heavy atom. The minimum atomic E-state index is -0.180. The number of hydrogen-bond donors (Lipinski definition) is 3. The van der Waals surface area contributed by atoms with Crippen LogP contribution in [0.5, 0.6) is 5.75 Å². The lowest BCUT2D eigenvalue weighted by molar-refractivity contribution is 0.179. The number of pyridine rings is 1. The number of benzene rings is 1. The number of nitrogens with zero attached hydrogens (tertiary/aromatic N) is 1. The van der Waals surface area contributed by atoms with Crippen LogP contribution in [0.3, 0.4) is 0 Å². The lowest BCUT2D eigenvalue weighted by Gasteiger charge is -2.23. The van der Waals surface area contributed by atoms with Gasteiger partial charge in [0, 0.05) is 30.1 Å². The van der Waals surface area contributed by atoms with Crippen molar-refractivity contribution in [1.82, 2.24) is 10.4 Å². The van der Waals surface area contributed by atoms with Crippen LogP contribution < -0.4 is 21.7 Å². The van der Waals surface area contributed by atoms with E-state index in [2.05, 4.69) is 16.5 Å². The molecule has 2 heterocycles. The highest BCUT2D eigenvalue weighted by Gasteiger charge is 2.31. The van der Waals surface area contributed by atoms with Gasteiger partial charge < -0.3 is 10.5 Å². The summed E-state index contributed by atoms with van der Waals surface area (Å²) < 4.78 is 5.94. The van der Waals surface area contributed by atoms with E-state index in [1.807, 2.05) is 18.2 Å². The molecule has 5 heteroatoms. The molecular weight excluding hydrogens is 240 g/mol. The number of anilines is 1. The van der Waals surface area contributed by atoms with Crippen molar-refractivity contribution in [3.63, 3.8) is 0 Å². The van der Waals surface area contributed by atoms with E-state index in [9.17, 15) is 0 Å². The van der Waals surface area contributed by atoms with Gasteiger partial charge in [-0.2, -0.15) is 0 Å². The van der Waals surface area contributed by atoms with Crippen molar-refractivity contribution in [3.8, 4) is 5.75 Å². The van der Waals surface area contributed by atoms with Crippen molar-refractivity contribution in [3.05, 3.63) is 53.9 Å². The average molecular weight is 256 g/mol. The van der Waals surface area contributed by atoms with Gasteiger partial charge in [0.25, 0.3) is 0 Å². The van der Waals surface area contributed by atoms with Crippen LogP contribution in [0.2, 0.25) is 0 Å². The van der Waals surface area contributed by atoms with E-state index in [0.717, 1.165) is 17.7 Å². The van der Waals surface area contributed by atoms with E-state index in [1.54, 1.807) is 18.5 Å². The molecular formula is C14H16N4O. The zero-order valence-electron chi connectivity index (χ0n) is 10.4. The maximum atomic E-state index is 5.98. The molecule has 0 bridgehead atoms. The van der Waals surface area contributed by atoms with Crippen LogP contribution in [0.25, 0.3) is 0 Å². The van der Waals surface area contributed by atoms with E-state index in [-0.39, 0.29) is 12.1 Å². The number of aromatic nitrogens is 1. The summed E-state index contributed by atoms with van der Waals surface area (Å²) in [6, 6.07) is 9.59. The summed E-state index contributed by atoms with van der Waals surface area (Å²) in [7, 11) is 0. The molecule has 0 saturated carbocycles. The van der Waals surface area contributed by atoms with Gasteiger partial charge in [0.1, 0.15) is 11.9 Å². The van der Waals surface area contributed by atoms with E-state index in [0.29, 0.717) is 5.69 Å². The van der Waals surface area contributed by atoms with E-state index >= 15 is 0 Å². The fraction of sp³-hybridized carbons (Fsp3) is 0.214. The smallest absolute Gasteiger partial charge is 0.124 e. The summed E-state index contributed by atoms with van der Waals surface area (Å²) >= 11 is 0. The molecule has 0 aliphatic carbocycles. The fourth-order valence-electron chi connectivity index (χ4n) is 2.47. The Morgan fingerprint density at radius 3 is 2.89 bits per heavy atom. The number of hydrogen-bond acceptors (Lipinski definition) is 5. The van der Waals surface area contributed by atoms with Gasteiger partial charge in [0.15, 0.2) is 0 Å². The highest BCUT2D eigenvalue weighted by Crippen LogP contribution is 2.34. The zero-order valence-corrected chi connectivity index (χ0v) is 10.4. The van der Waals surface area contributed by atoms with Crippen molar-refractivity contribution in [1.29, 1.82) is 0 Å². The van der Waals surface area contributed by atoms with Gasteiger partial charge in [-0.05, 0) is 17.7 Å². The largest absolute Gasteiger partial charge is 0.488 e. The normalized spacial score (nSPS) is 18.7. The van der Waals surface area contributed by atoms with E-state index < -0.39 is 0 Å². The quantitative estimate of drug-likeness (QED) is 0.567. The molecule has 1 aromatic carbocycles. The Bertz CT molecular complexity index is 562. The van der Waals surface area contributed by atoms with Crippen LogP contribution in [-0.2, 0) is 6.42 Å². The van der Waals surface area contributed by atoms with Gasteiger partial charge in [-0.3, -0.25) is 10.8 Å². The maximum Gasteiger partial charge on any atom is 0.124 e. The Labute approximate surface area is 111 Å². The second kappa shape index (κ2) is 4.87. The van der Waals surface area contributed by atoms with Crippen molar-refractivity contribution < 1.29 is 4.74 Å². The Kier molecular flexibility index (Phi) is 3.06. The van der Waals surface area contributed by atoms with Crippen LogP contribution in [0, 0.1) is 0 Å². The lowest BCUT2D eigenvalue weighted by atomic mass is 9.98. The Balaban J connectivity index is 1.88. The van der Waals surface area contributed by atoms with Gasteiger partial charge in [-0.15, -0.1) is 0 Å². The minimum Gasteiger partial charge on any atom is -0.488 e. The van der Waals surface area contributed by atoms with Crippen molar-refractivity contribution in [2.45, 2.75) is 18.6 Å². The molecule has 5 N–H and O–H groups in total. The van der Waals surface area contributed by atoms with Crippen LogP contribution in [0.1, 0.15) is 17.2 Å². The third-order valence-electron chi connectivity index (χ3n) is 3.45. The molecule has 0 saturated heterocycles. The number of ether oxygens (including phenoxy) is 1. The first-order valence-electron chi connectivity index (χ1n) is 6.19. The molecule has 0 amide bonds. The van der Waals surface area contributed by atoms with Gasteiger partial charge in [-0.25, -0.2) is 5.43 Å². The number of para-hydroxylation sites is 1. The number of rotatable bonds is 3. The Morgan fingerprint density at radius 2 is 2.16 bits per heavy atom. The predicted octanol–water partition coefficient (Wildman–Crippen LogP) is 1.17. The van der Waals surface area contributed by atoms with E-state index in [1.165, 1.54) is 5.56 Å². The third-order valence-corrected chi connectivity index (χ3v) is 3.45. The molecule has 0 fully saturated rings. The van der Waals surface area contributed by atoms with Gasteiger partial charge >= 0.3 is 0 Å². The predicted molar refractivity (Wildman–Crippen MR) is 73.3 cm³/mol. The summed E-state index contributed by atoms with van der Waals surface area (Å²) in [5.41, 5.74) is 11.5. The van der Waals surface area contributed by atoms with Crippen molar-refractivity contribution in [2.24, 2.45) is 5.84 Å². The molecule has 2 atom stereocenters. The first-order chi connectivity index (χ1) is 9.29. The minimum absolute atomic E-state index is 0.0751. The fourth-order valence-corrected chi connectivity index (χ4v) is 2.47. The highest BCUT2D eigenvalue weighted by atomic mass is 16.5. The van der Waals surface area contributed by atoms with E-state index in [4.69, 9.17) is 16.3 Å². The monoisotopic (exact) mass is 256 g/mol. The second-order valence-corrected chi connectivity index (χ2v) is 4.62. The summed E-state index contributed by atoms with van der Waals surface area (Å²) in [5, 5.41) is 0. The highest BCUT2D eigenvalue weighted by molar-refractivity contribution is 5.48. The third kappa shape index (κ3) is 2.14. The summed E-state index contributed by atoms with van der Waals surface area (Å²) in [5.74, 6) is 6.59. The standard InChI is InChI=1S/C14H16N4O/c15-11-5-6-17-8-10(11)14(18-16)13-7-9-3-1-2-4-12(9)19-13/h1-6,8,13-14,18H,7,16H2,(H2,15,17).